The first-order valence-electron chi connectivity index (χ1n) is 6.80. The summed E-state index contributed by atoms with van der Waals surface area (Å²) in [6, 6.07) is 4.02. The van der Waals surface area contributed by atoms with Crippen LogP contribution in [0, 0.1) is 11.6 Å². The lowest BCUT2D eigenvalue weighted by Gasteiger charge is -2.08. The van der Waals surface area contributed by atoms with E-state index in [-0.39, 0.29) is 0 Å². The van der Waals surface area contributed by atoms with Crippen molar-refractivity contribution < 1.29 is 17.2 Å². The van der Waals surface area contributed by atoms with Crippen molar-refractivity contribution >= 4 is 20.9 Å². The van der Waals surface area contributed by atoms with Crippen molar-refractivity contribution in [1.82, 2.24) is 8.96 Å². The van der Waals surface area contributed by atoms with E-state index in [2.05, 4.69) is 4.98 Å². The van der Waals surface area contributed by atoms with Crippen molar-refractivity contribution in [2.45, 2.75) is 11.3 Å². The Balaban J connectivity index is 2.26. The molecule has 3 aromatic rings. The zero-order valence-corrected chi connectivity index (χ0v) is 12.7. The third kappa shape index (κ3) is 2.60. The van der Waals surface area contributed by atoms with Crippen molar-refractivity contribution in [2.75, 3.05) is 6.54 Å². The summed E-state index contributed by atoms with van der Waals surface area (Å²) in [6.45, 7) is 0.340. The summed E-state index contributed by atoms with van der Waals surface area (Å²) >= 11 is 0. The average molecular weight is 337 g/mol. The Morgan fingerprint density at radius 1 is 1.22 bits per heavy atom. The molecule has 0 bridgehead atoms. The number of aromatic nitrogens is 2. The molecule has 0 saturated heterocycles. The van der Waals surface area contributed by atoms with E-state index >= 15 is 0 Å². The van der Waals surface area contributed by atoms with Gasteiger partial charge in [0.05, 0.1) is 11.7 Å². The van der Waals surface area contributed by atoms with Crippen LogP contribution in [-0.2, 0) is 16.4 Å². The van der Waals surface area contributed by atoms with Gasteiger partial charge in [0.25, 0.3) is 10.0 Å². The fraction of sp³-hybridized carbons (Fsp3) is 0.133. The highest BCUT2D eigenvalue weighted by Gasteiger charge is 2.24. The smallest absolute Gasteiger partial charge is 0.271 e. The van der Waals surface area contributed by atoms with Crippen molar-refractivity contribution in [3.63, 3.8) is 0 Å². The van der Waals surface area contributed by atoms with Gasteiger partial charge < -0.3 is 5.73 Å². The highest BCUT2D eigenvalue weighted by molar-refractivity contribution is 7.90. The quantitative estimate of drug-likeness (QED) is 0.790. The number of halogens is 2. The summed E-state index contributed by atoms with van der Waals surface area (Å²) < 4.78 is 53.4. The minimum atomic E-state index is -4.22. The van der Waals surface area contributed by atoms with Crippen LogP contribution in [0.1, 0.15) is 5.56 Å². The van der Waals surface area contributed by atoms with Crippen molar-refractivity contribution in [3.05, 3.63) is 60.1 Å². The number of nitrogens with two attached hydrogens (primary N) is 1. The van der Waals surface area contributed by atoms with Gasteiger partial charge in [-0.2, -0.15) is 0 Å². The zero-order valence-electron chi connectivity index (χ0n) is 11.9. The molecular weight excluding hydrogens is 324 g/mol. The van der Waals surface area contributed by atoms with Crippen LogP contribution in [0.4, 0.5) is 8.78 Å². The number of rotatable bonds is 4. The Bertz CT molecular complexity index is 984. The van der Waals surface area contributed by atoms with Crippen molar-refractivity contribution in [2.24, 2.45) is 5.73 Å². The van der Waals surface area contributed by atoms with Gasteiger partial charge in [0, 0.05) is 23.8 Å². The number of hydrogen-bond donors (Lipinski definition) is 1. The molecule has 5 nitrogen and oxygen atoms in total. The van der Waals surface area contributed by atoms with Crippen LogP contribution in [-0.4, -0.2) is 23.9 Å². The maximum Gasteiger partial charge on any atom is 0.271 e. The number of benzene rings is 1. The number of pyridine rings is 1. The van der Waals surface area contributed by atoms with Crippen LogP contribution in [0.3, 0.4) is 0 Å². The van der Waals surface area contributed by atoms with Gasteiger partial charge in [0.2, 0.25) is 0 Å². The molecule has 0 aliphatic carbocycles. The van der Waals surface area contributed by atoms with Gasteiger partial charge in [-0.15, -0.1) is 0 Å². The van der Waals surface area contributed by atoms with Gasteiger partial charge >= 0.3 is 0 Å². The summed E-state index contributed by atoms with van der Waals surface area (Å²) in [5.74, 6) is -1.99. The average Bonchev–Trinajstić information content (AvgIpc) is 2.87. The molecule has 3 rings (SSSR count). The summed E-state index contributed by atoms with van der Waals surface area (Å²) in [7, 11) is -4.22. The van der Waals surface area contributed by atoms with Gasteiger partial charge in [-0.1, -0.05) is 0 Å². The summed E-state index contributed by atoms with van der Waals surface area (Å²) in [5.41, 5.74) is 6.58. The number of hydrogen-bond acceptors (Lipinski definition) is 4. The Morgan fingerprint density at radius 2 is 2.00 bits per heavy atom. The van der Waals surface area contributed by atoms with Gasteiger partial charge in [0.15, 0.2) is 0 Å². The monoisotopic (exact) mass is 337 g/mol. The molecule has 0 spiro atoms. The van der Waals surface area contributed by atoms with E-state index in [9.17, 15) is 17.2 Å². The molecule has 2 aromatic heterocycles. The second kappa shape index (κ2) is 5.71. The van der Waals surface area contributed by atoms with Gasteiger partial charge in [-0.25, -0.2) is 21.2 Å². The van der Waals surface area contributed by atoms with Crippen LogP contribution in [0.2, 0.25) is 0 Å². The molecule has 0 aliphatic heterocycles. The third-order valence-electron chi connectivity index (χ3n) is 3.50. The molecule has 2 N–H and O–H groups in total. The van der Waals surface area contributed by atoms with E-state index in [1.807, 2.05) is 0 Å². The highest BCUT2D eigenvalue weighted by atomic mass is 32.2. The van der Waals surface area contributed by atoms with Crippen LogP contribution in [0.15, 0.2) is 47.8 Å². The van der Waals surface area contributed by atoms with Gasteiger partial charge in [-0.3, -0.25) is 4.98 Å². The van der Waals surface area contributed by atoms with Gasteiger partial charge in [0.1, 0.15) is 16.5 Å². The number of nitrogens with zero attached hydrogens (tertiary/aromatic N) is 2. The molecule has 120 valence electrons. The highest BCUT2D eigenvalue weighted by Crippen LogP contribution is 2.27. The predicted octanol–water partition coefficient (Wildman–Crippen LogP) is 2.05. The maximum atomic E-state index is 13.9. The van der Waals surface area contributed by atoms with E-state index in [0.29, 0.717) is 29.9 Å². The second-order valence-electron chi connectivity index (χ2n) is 4.96. The fourth-order valence-corrected chi connectivity index (χ4v) is 3.89. The fourth-order valence-electron chi connectivity index (χ4n) is 2.46. The molecule has 0 fully saturated rings. The lowest BCUT2D eigenvalue weighted by Crippen LogP contribution is -2.14. The Morgan fingerprint density at radius 3 is 2.70 bits per heavy atom. The topological polar surface area (TPSA) is 78.0 Å². The van der Waals surface area contributed by atoms with E-state index < -0.39 is 26.6 Å². The molecular formula is C15H13F2N3O2S. The van der Waals surface area contributed by atoms with Gasteiger partial charge in [-0.05, 0) is 36.7 Å². The molecule has 23 heavy (non-hydrogen) atoms. The summed E-state index contributed by atoms with van der Waals surface area (Å²) in [4.78, 5) is 3.32. The van der Waals surface area contributed by atoms with Crippen molar-refractivity contribution in [1.29, 1.82) is 0 Å². The zero-order chi connectivity index (χ0) is 16.6. The predicted molar refractivity (Wildman–Crippen MR) is 81.4 cm³/mol. The van der Waals surface area contributed by atoms with Crippen LogP contribution in [0.5, 0.6) is 0 Å². The standard InChI is InChI=1S/C15H13F2N3O2S/c16-11-1-2-15(13(17)7-11)23(21,22)20-9-10(3-5-18)12-4-6-19-8-14(12)20/h1-2,4,6-9H,3,5,18H2. The van der Waals surface area contributed by atoms with Crippen LogP contribution in [0.25, 0.3) is 10.9 Å². The van der Waals surface area contributed by atoms with E-state index in [0.717, 1.165) is 21.7 Å². The lowest BCUT2D eigenvalue weighted by molar-refractivity contribution is 0.546. The first kappa shape index (κ1) is 15.6. The molecule has 0 radical (unpaired) electrons. The van der Waals surface area contributed by atoms with E-state index in [1.165, 1.54) is 18.6 Å². The normalized spacial score (nSPS) is 12.0. The Hall–Kier alpha value is -2.32. The summed E-state index contributed by atoms with van der Waals surface area (Å²) in [5, 5.41) is 0.677. The first-order valence-corrected chi connectivity index (χ1v) is 8.24. The SMILES string of the molecule is NCCc1cn(S(=O)(=O)c2ccc(F)cc2F)c2cnccc12. The second-order valence-corrected chi connectivity index (χ2v) is 6.74. The molecule has 1 aromatic carbocycles. The molecule has 0 atom stereocenters. The third-order valence-corrected chi connectivity index (χ3v) is 5.21. The minimum Gasteiger partial charge on any atom is -0.330 e. The van der Waals surface area contributed by atoms with E-state index in [4.69, 9.17) is 5.73 Å². The molecule has 0 aliphatic rings. The lowest BCUT2D eigenvalue weighted by atomic mass is 10.1. The summed E-state index contributed by atoms with van der Waals surface area (Å²) in [6.07, 6.45) is 4.79. The van der Waals surface area contributed by atoms with Crippen molar-refractivity contribution in [3.8, 4) is 0 Å². The molecule has 2 heterocycles. The minimum absolute atomic E-state index is 0.319. The molecule has 0 unspecified atom stereocenters. The molecule has 0 amide bonds. The molecule has 0 saturated carbocycles. The maximum absolute atomic E-state index is 13.9. The largest absolute Gasteiger partial charge is 0.330 e. The molecule has 8 heteroatoms. The van der Waals surface area contributed by atoms with Crippen LogP contribution < -0.4 is 5.73 Å². The Labute approximate surface area is 131 Å². The van der Waals surface area contributed by atoms with E-state index in [1.54, 1.807) is 6.07 Å². The first-order chi connectivity index (χ1) is 10.9. The Kier molecular flexibility index (Phi) is 3.87. The number of fused-ring (bicyclic) bond motifs is 1. The van der Waals surface area contributed by atoms with Crippen LogP contribution >= 0.6 is 0 Å².